The third-order valence-electron chi connectivity index (χ3n) is 3.12. The Kier molecular flexibility index (Phi) is 3.84. The average molecular weight is 252 g/mol. The maximum atomic E-state index is 12.2. The molecule has 0 heterocycles. The van der Waals surface area contributed by atoms with Gasteiger partial charge in [-0.1, -0.05) is 37.5 Å². The van der Waals surface area contributed by atoms with E-state index in [1.54, 1.807) is 12.1 Å². The molecule has 1 saturated carbocycles. The summed E-state index contributed by atoms with van der Waals surface area (Å²) in [6, 6.07) is 8.04. The quantitative estimate of drug-likeness (QED) is 0.899. The van der Waals surface area contributed by atoms with Crippen LogP contribution in [0.15, 0.2) is 29.2 Å². The average Bonchev–Trinajstić information content (AvgIpc) is 2.30. The lowest BCUT2D eigenvalue weighted by Gasteiger charge is -2.22. The first-order valence-electron chi connectivity index (χ1n) is 6.03. The smallest absolute Gasteiger partial charge is 0.207 e. The van der Waals surface area contributed by atoms with Crippen molar-refractivity contribution in [2.45, 2.75) is 43.9 Å². The van der Waals surface area contributed by atoms with Gasteiger partial charge in [0.05, 0.1) is 10.9 Å². The highest BCUT2D eigenvalue weighted by atomic mass is 32.2. The molecule has 4 heteroatoms. The third-order valence-corrected chi connectivity index (χ3v) is 4.71. The molecule has 0 unspecified atom stereocenters. The molecule has 1 aromatic carbocycles. The molecule has 0 spiro atoms. The Morgan fingerprint density at radius 3 is 2.35 bits per heavy atom. The molecule has 1 aromatic rings. The molecular formula is C13H18NO2S. The molecule has 0 atom stereocenters. The summed E-state index contributed by atoms with van der Waals surface area (Å²) in [5, 5.41) is 0. The van der Waals surface area contributed by atoms with E-state index in [0.717, 1.165) is 37.3 Å². The second kappa shape index (κ2) is 5.19. The molecule has 2 rings (SSSR count). The topological polar surface area (TPSA) is 46.2 Å². The van der Waals surface area contributed by atoms with E-state index in [9.17, 15) is 8.42 Å². The lowest BCUT2D eigenvalue weighted by molar-refractivity contribution is 0.500. The number of aryl methyl sites for hydroxylation is 1. The Labute approximate surface area is 103 Å². The molecule has 1 N–H and O–H groups in total. The van der Waals surface area contributed by atoms with E-state index in [1.165, 1.54) is 6.42 Å². The molecule has 93 valence electrons. The molecule has 0 amide bonds. The van der Waals surface area contributed by atoms with Gasteiger partial charge in [0.1, 0.15) is 0 Å². The monoisotopic (exact) mass is 252 g/mol. The van der Waals surface area contributed by atoms with Crippen LogP contribution in [0.4, 0.5) is 0 Å². The Hall–Kier alpha value is -0.870. The highest BCUT2D eigenvalue weighted by Gasteiger charge is 2.23. The Morgan fingerprint density at radius 2 is 1.71 bits per heavy atom. The minimum absolute atomic E-state index is 0.387. The summed E-state index contributed by atoms with van der Waals surface area (Å²) in [5.74, 6) is 0. The van der Waals surface area contributed by atoms with Crippen molar-refractivity contribution in [3.8, 4) is 0 Å². The van der Waals surface area contributed by atoms with Crippen LogP contribution >= 0.6 is 0 Å². The largest absolute Gasteiger partial charge is 0.241 e. The summed E-state index contributed by atoms with van der Waals surface area (Å²) in [4.78, 5) is 0.387. The summed E-state index contributed by atoms with van der Waals surface area (Å²) in [5.41, 5.74) is 0.788. The van der Waals surface area contributed by atoms with Crippen LogP contribution in [0.3, 0.4) is 0 Å². The third kappa shape index (κ3) is 3.07. The van der Waals surface area contributed by atoms with E-state index in [2.05, 4.69) is 4.72 Å². The standard InChI is InChI=1S/C13H18NO2S/c1-11-7-5-6-10-13(11)17(15,16)14-12-8-3-2-4-9-12/h5-7,10,14H,2-4,8-9H2,1H3. The van der Waals surface area contributed by atoms with Crippen LogP contribution < -0.4 is 4.72 Å². The van der Waals surface area contributed by atoms with Crippen molar-refractivity contribution in [2.75, 3.05) is 0 Å². The summed E-state index contributed by atoms with van der Waals surface area (Å²) in [7, 11) is -3.38. The van der Waals surface area contributed by atoms with Crippen molar-refractivity contribution in [1.29, 1.82) is 0 Å². The maximum absolute atomic E-state index is 12.2. The first kappa shape index (κ1) is 12.6. The number of hydrogen-bond donors (Lipinski definition) is 1. The molecular weight excluding hydrogens is 234 g/mol. The fourth-order valence-corrected chi connectivity index (χ4v) is 3.63. The highest BCUT2D eigenvalue weighted by Crippen LogP contribution is 2.25. The van der Waals surface area contributed by atoms with Crippen LogP contribution in [0, 0.1) is 13.0 Å². The number of hydrogen-bond acceptors (Lipinski definition) is 2. The van der Waals surface area contributed by atoms with Gasteiger partial charge in [-0.3, -0.25) is 0 Å². The lowest BCUT2D eigenvalue weighted by Crippen LogP contribution is -2.30. The van der Waals surface area contributed by atoms with Gasteiger partial charge < -0.3 is 0 Å². The molecule has 0 bridgehead atoms. The van der Waals surface area contributed by atoms with Crippen molar-refractivity contribution in [1.82, 2.24) is 4.72 Å². The number of rotatable bonds is 3. The maximum Gasteiger partial charge on any atom is 0.241 e. The molecule has 3 nitrogen and oxygen atoms in total. The van der Waals surface area contributed by atoms with E-state index in [0.29, 0.717) is 4.90 Å². The van der Waals surface area contributed by atoms with Crippen LogP contribution in [0.2, 0.25) is 0 Å². The molecule has 0 saturated heterocycles. The van der Waals surface area contributed by atoms with Gasteiger partial charge in [-0.15, -0.1) is 0 Å². The van der Waals surface area contributed by atoms with Gasteiger partial charge in [0, 0.05) is 0 Å². The van der Waals surface area contributed by atoms with Crippen molar-refractivity contribution in [3.63, 3.8) is 0 Å². The van der Waals surface area contributed by atoms with Gasteiger partial charge in [0.2, 0.25) is 10.0 Å². The van der Waals surface area contributed by atoms with Crippen LogP contribution in [0.5, 0.6) is 0 Å². The molecule has 0 aliphatic heterocycles. The Balaban J connectivity index is 2.16. The van der Waals surface area contributed by atoms with Crippen LogP contribution in [-0.4, -0.2) is 8.42 Å². The molecule has 0 aromatic heterocycles. The SMILES string of the molecule is Cc1ccccc1S(=O)(=O)N[C]1CCCCC1. The van der Waals surface area contributed by atoms with E-state index >= 15 is 0 Å². The fourth-order valence-electron chi connectivity index (χ4n) is 2.18. The zero-order chi connectivity index (χ0) is 12.3. The fraction of sp³-hybridized carbons (Fsp3) is 0.462. The Morgan fingerprint density at radius 1 is 1.06 bits per heavy atom. The van der Waals surface area contributed by atoms with Crippen LogP contribution in [0.25, 0.3) is 0 Å². The molecule has 1 aliphatic rings. The predicted octanol–water partition coefficient (Wildman–Crippen LogP) is 2.77. The zero-order valence-corrected chi connectivity index (χ0v) is 10.9. The minimum atomic E-state index is -3.38. The van der Waals surface area contributed by atoms with Gasteiger partial charge >= 0.3 is 0 Å². The second-order valence-electron chi connectivity index (χ2n) is 4.54. The van der Waals surface area contributed by atoms with Gasteiger partial charge in [-0.2, -0.15) is 0 Å². The van der Waals surface area contributed by atoms with Gasteiger partial charge in [0.25, 0.3) is 0 Å². The van der Waals surface area contributed by atoms with Crippen LogP contribution in [-0.2, 0) is 10.0 Å². The van der Waals surface area contributed by atoms with Gasteiger partial charge in [-0.25, -0.2) is 13.1 Å². The zero-order valence-electron chi connectivity index (χ0n) is 10.1. The molecule has 17 heavy (non-hydrogen) atoms. The van der Waals surface area contributed by atoms with E-state index < -0.39 is 10.0 Å². The van der Waals surface area contributed by atoms with Gasteiger partial charge in [0.15, 0.2) is 0 Å². The second-order valence-corrected chi connectivity index (χ2v) is 6.19. The van der Waals surface area contributed by atoms with Gasteiger partial charge in [-0.05, 0) is 31.4 Å². The minimum Gasteiger partial charge on any atom is -0.207 e. The van der Waals surface area contributed by atoms with Crippen molar-refractivity contribution < 1.29 is 8.42 Å². The number of nitrogens with one attached hydrogen (secondary N) is 1. The lowest BCUT2D eigenvalue weighted by atomic mass is 9.96. The van der Waals surface area contributed by atoms with Crippen molar-refractivity contribution in [3.05, 3.63) is 35.9 Å². The molecule has 1 aliphatic carbocycles. The number of sulfonamides is 1. The Bertz CT molecular complexity index is 476. The van der Waals surface area contributed by atoms with Crippen LogP contribution in [0.1, 0.15) is 37.7 Å². The summed E-state index contributed by atoms with van der Waals surface area (Å²) < 4.78 is 27.1. The molecule has 1 fully saturated rings. The summed E-state index contributed by atoms with van der Waals surface area (Å²) in [6.45, 7) is 1.82. The van der Waals surface area contributed by atoms with E-state index in [1.807, 2.05) is 19.1 Å². The van der Waals surface area contributed by atoms with E-state index in [4.69, 9.17) is 0 Å². The highest BCUT2D eigenvalue weighted by molar-refractivity contribution is 7.89. The molecule has 1 radical (unpaired) electrons. The predicted molar refractivity (Wildman–Crippen MR) is 67.8 cm³/mol. The first-order valence-corrected chi connectivity index (χ1v) is 7.51. The summed E-state index contributed by atoms with van der Waals surface area (Å²) in [6.07, 6.45) is 5.14. The van der Waals surface area contributed by atoms with E-state index in [-0.39, 0.29) is 0 Å². The normalized spacial score (nSPS) is 18.2. The van der Waals surface area contributed by atoms with Crippen molar-refractivity contribution in [2.24, 2.45) is 0 Å². The number of benzene rings is 1. The van der Waals surface area contributed by atoms with Crippen molar-refractivity contribution >= 4 is 10.0 Å². The summed E-state index contributed by atoms with van der Waals surface area (Å²) >= 11 is 0. The first-order chi connectivity index (χ1) is 8.09.